The first-order valence-corrected chi connectivity index (χ1v) is 7.90. The Hall–Kier alpha value is -3.35. The van der Waals surface area contributed by atoms with Crippen LogP contribution in [0.15, 0.2) is 59.7 Å². The number of aromatic nitrogens is 2. The molecular weight excluding hydrogens is 337 g/mol. The molecule has 134 valence electrons. The number of methoxy groups -OCH3 is 2. The first-order valence-electron chi connectivity index (χ1n) is 7.90. The van der Waals surface area contributed by atoms with E-state index in [1.54, 1.807) is 43.6 Å². The molecule has 0 fully saturated rings. The summed E-state index contributed by atoms with van der Waals surface area (Å²) in [6.07, 6.45) is 3.11. The molecule has 2 aromatic carbocycles. The van der Waals surface area contributed by atoms with Crippen LogP contribution in [0.4, 0.5) is 10.2 Å². The first kappa shape index (κ1) is 17.5. The van der Waals surface area contributed by atoms with E-state index in [-0.39, 0.29) is 17.2 Å². The maximum absolute atomic E-state index is 13.0. The van der Waals surface area contributed by atoms with Crippen molar-refractivity contribution in [2.24, 2.45) is 0 Å². The van der Waals surface area contributed by atoms with Gasteiger partial charge in [-0.2, -0.15) is 0 Å². The first-order chi connectivity index (χ1) is 12.6. The number of hydrogen-bond acceptors (Lipinski definition) is 5. The Morgan fingerprint density at radius 3 is 2.50 bits per heavy atom. The molecule has 1 aromatic heterocycles. The topological polar surface area (TPSA) is 65.4 Å². The molecule has 0 spiro atoms. The second-order valence-electron chi connectivity index (χ2n) is 5.47. The van der Waals surface area contributed by atoms with Crippen LogP contribution in [0.2, 0.25) is 0 Å². The van der Waals surface area contributed by atoms with Crippen LogP contribution in [-0.4, -0.2) is 23.8 Å². The summed E-state index contributed by atoms with van der Waals surface area (Å²) in [5.74, 6) is 0.997. The highest BCUT2D eigenvalue weighted by molar-refractivity contribution is 5.49. The van der Waals surface area contributed by atoms with Gasteiger partial charge < -0.3 is 14.8 Å². The molecule has 0 saturated carbocycles. The lowest BCUT2D eigenvalue weighted by molar-refractivity contribution is 0.355. The zero-order valence-electron chi connectivity index (χ0n) is 14.4. The summed E-state index contributed by atoms with van der Waals surface area (Å²) in [5, 5.41) is 2.99. The van der Waals surface area contributed by atoms with Gasteiger partial charge in [-0.15, -0.1) is 0 Å². The van der Waals surface area contributed by atoms with Gasteiger partial charge >= 0.3 is 0 Å². The molecule has 0 bridgehead atoms. The molecule has 0 saturated heterocycles. The third-order valence-electron chi connectivity index (χ3n) is 3.86. The van der Waals surface area contributed by atoms with Crippen LogP contribution in [0.5, 0.6) is 11.5 Å². The molecule has 0 atom stereocenters. The summed E-state index contributed by atoms with van der Waals surface area (Å²) >= 11 is 0. The molecular formula is C19H18FN3O3. The van der Waals surface area contributed by atoms with E-state index in [0.29, 0.717) is 23.7 Å². The molecule has 7 heteroatoms. The monoisotopic (exact) mass is 355 g/mol. The van der Waals surface area contributed by atoms with Gasteiger partial charge in [-0.1, -0.05) is 12.1 Å². The molecule has 0 aliphatic rings. The van der Waals surface area contributed by atoms with Gasteiger partial charge in [0.05, 0.1) is 19.9 Å². The van der Waals surface area contributed by atoms with Crippen LogP contribution < -0.4 is 20.3 Å². The smallest absolute Gasteiger partial charge is 0.297 e. The number of nitrogens with one attached hydrogen (secondary N) is 1. The van der Waals surface area contributed by atoms with Crippen molar-refractivity contribution in [3.8, 4) is 17.2 Å². The molecule has 3 aromatic rings. The normalized spacial score (nSPS) is 10.4. The highest BCUT2D eigenvalue weighted by Gasteiger charge is 2.10. The van der Waals surface area contributed by atoms with Crippen molar-refractivity contribution in [1.82, 2.24) is 9.55 Å². The van der Waals surface area contributed by atoms with Gasteiger partial charge in [0.2, 0.25) is 0 Å². The molecule has 0 aliphatic carbocycles. The SMILES string of the molecule is COc1ccc(-n2ccnc(NCc3ccc(F)cc3)c2=O)cc1OC. The molecule has 3 rings (SSSR count). The number of nitrogens with zero attached hydrogens (tertiary/aromatic N) is 2. The Morgan fingerprint density at radius 2 is 1.81 bits per heavy atom. The lowest BCUT2D eigenvalue weighted by Gasteiger charge is -2.12. The third kappa shape index (κ3) is 3.66. The standard InChI is InChI=1S/C19H18FN3O3/c1-25-16-8-7-15(11-17(16)26-2)23-10-9-21-18(19(23)24)22-12-13-3-5-14(20)6-4-13/h3-11H,12H2,1-2H3,(H,21,22). The number of rotatable bonds is 6. The molecule has 26 heavy (non-hydrogen) atoms. The van der Waals surface area contributed by atoms with Crippen molar-refractivity contribution in [2.75, 3.05) is 19.5 Å². The van der Waals surface area contributed by atoms with Crippen molar-refractivity contribution in [1.29, 1.82) is 0 Å². The molecule has 0 amide bonds. The summed E-state index contributed by atoms with van der Waals surface area (Å²) in [6, 6.07) is 11.2. The van der Waals surface area contributed by atoms with Crippen LogP contribution in [0.3, 0.4) is 0 Å². The molecule has 6 nitrogen and oxygen atoms in total. The van der Waals surface area contributed by atoms with E-state index in [0.717, 1.165) is 5.56 Å². The minimum atomic E-state index is -0.304. The fourth-order valence-electron chi connectivity index (χ4n) is 2.50. The van der Waals surface area contributed by atoms with Crippen LogP contribution >= 0.6 is 0 Å². The minimum absolute atomic E-state index is 0.201. The van der Waals surface area contributed by atoms with Gasteiger partial charge in [0.1, 0.15) is 5.82 Å². The summed E-state index contributed by atoms with van der Waals surface area (Å²) < 4.78 is 24.9. The van der Waals surface area contributed by atoms with Gasteiger partial charge in [-0.3, -0.25) is 9.36 Å². The number of halogens is 1. The highest BCUT2D eigenvalue weighted by Crippen LogP contribution is 2.28. The van der Waals surface area contributed by atoms with E-state index < -0.39 is 0 Å². The maximum Gasteiger partial charge on any atom is 0.297 e. The lowest BCUT2D eigenvalue weighted by atomic mass is 10.2. The Kier molecular flexibility index (Phi) is 5.17. The number of hydrogen-bond donors (Lipinski definition) is 1. The van der Waals surface area contributed by atoms with E-state index in [4.69, 9.17) is 9.47 Å². The van der Waals surface area contributed by atoms with Crippen molar-refractivity contribution in [3.05, 3.63) is 76.6 Å². The fraction of sp³-hybridized carbons (Fsp3) is 0.158. The van der Waals surface area contributed by atoms with E-state index in [2.05, 4.69) is 10.3 Å². The highest BCUT2D eigenvalue weighted by atomic mass is 19.1. The Labute approximate surface area is 149 Å². The quantitative estimate of drug-likeness (QED) is 0.736. The molecule has 0 unspecified atom stereocenters. The van der Waals surface area contributed by atoms with E-state index >= 15 is 0 Å². The van der Waals surface area contributed by atoms with Crippen molar-refractivity contribution in [3.63, 3.8) is 0 Å². The zero-order valence-corrected chi connectivity index (χ0v) is 14.4. The van der Waals surface area contributed by atoms with Crippen molar-refractivity contribution in [2.45, 2.75) is 6.54 Å². The number of benzene rings is 2. The molecule has 1 heterocycles. The van der Waals surface area contributed by atoms with Gasteiger partial charge in [-0.25, -0.2) is 9.37 Å². The number of ether oxygens (including phenoxy) is 2. The van der Waals surface area contributed by atoms with Gasteiger partial charge in [0, 0.05) is 25.0 Å². The maximum atomic E-state index is 13.0. The Bertz CT molecular complexity index is 955. The van der Waals surface area contributed by atoms with Crippen LogP contribution in [0, 0.1) is 5.82 Å². The zero-order chi connectivity index (χ0) is 18.5. The predicted molar refractivity (Wildman–Crippen MR) is 96.7 cm³/mol. The second kappa shape index (κ2) is 7.69. The van der Waals surface area contributed by atoms with Gasteiger partial charge in [0.25, 0.3) is 5.56 Å². The second-order valence-corrected chi connectivity index (χ2v) is 5.47. The van der Waals surface area contributed by atoms with E-state index in [1.165, 1.54) is 30.0 Å². The average molecular weight is 355 g/mol. The van der Waals surface area contributed by atoms with Gasteiger partial charge in [-0.05, 0) is 29.8 Å². The predicted octanol–water partition coefficient (Wildman–Crippen LogP) is 3.00. The third-order valence-corrected chi connectivity index (χ3v) is 3.86. The van der Waals surface area contributed by atoms with Crippen molar-refractivity contribution < 1.29 is 13.9 Å². The van der Waals surface area contributed by atoms with E-state index in [9.17, 15) is 9.18 Å². The van der Waals surface area contributed by atoms with Crippen LogP contribution in [0.1, 0.15) is 5.56 Å². The summed E-state index contributed by atoms with van der Waals surface area (Å²) in [4.78, 5) is 16.8. The summed E-state index contributed by atoms with van der Waals surface area (Å²) in [5.41, 5.74) is 1.16. The molecule has 0 aliphatic heterocycles. The Morgan fingerprint density at radius 1 is 1.08 bits per heavy atom. The molecule has 0 radical (unpaired) electrons. The molecule has 1 N–H and O–H groups in total. The van der Waals surface area contributed by atoms with Crippen LogP contribution in [-0.2, 0) is 6.54 Å². The summed E-state index contributed by atoms with van der Waals surface area (Å²) in [7, 11) is 3.08. The number of anilines is 1. The largest absolute Gasteiger partial charge is 0.493 e. The van der Waals surface area contributed by atoms with Crippen molar-refractivity contribution >= 4 is 5.82 Å². The lowest BCUT2D eigenvalue weighted by Crippen LogP contribution is -2.23. The fourth-order valence-corrected chi connectivity index (χ4v) is 2.50. The average Bonchev–Trinajstić information content (AvgIpc) is 2.68. The van der Waals surface area contributed by atoms with Gasteiger partial charge in [0.15, 0.2) is 17.3 Å². The minimum Gasteiger partial charge on any atom is -0.493 e. The van der Waals surface area contributed by atoms with Crippen LogP contribution in [0.25, 0.3) is 5.69 Å². The Balaban J connectivity index is 1.87. The summed E-state index contributed by atoms with van der Waals surface area (Å²) in [6.45, 7) is 0.360. The van der Waals surface area contributed by atoms with E-state index in [1.807, 2.05) is 0 Å².